The topological polar surface area (TPSA) is 63.7 Å². The Morgan fingerprint density at radius 1 is 1.53 bits per heavy atom. The average Bonchev–Trinajstić information content (AvgIpc) is 2.27. The first-order chi connectivity index (χ1) is 8.04. The van der Waals surface area contributed by atoms with Crippen LogP contribution >= 0.6 is 33.3 Å². The molecule has 0 radical (unpaired) electrons. The lowest BCUT2D eigenvalue weighted by atomic mass is 10.2. The smallest absolute Gasteiger partial charge is 0.356 e. The van der Waals surface area contributed by atoms with Gasteiger partial charge in [-0.3, -0.25) is 14.5 Å². The van der Waals surface area contributed by atoms with Gasteiger partial charge in [-0.15, -0.1) is 0 Å². The molecule has 17 heavy (non-hydrogen) atoms. The lowest BCUT2D eigenvalue weighted by molar-refractivity contribution is -0.147. The molecule has 1 amide bonds. The van der Waals surface area contributed by atoms with E-state index in [9.17, 15) is 14.4 Å². The van der Waals surface area contributed by atoms with Gasteiger partial charge in [0.1, 0.15) is 5.37 Å². The summed E-state index contributed by atoms with van der Waals surface area (Å²) in [5, 5.41) is -0.140. The van der Waals surface area contributed by atoms with Crippen LogP contribution in [0.15, 0.2) is 9.93 Å². The van der Waals surface area contributed by atoms with E-state index in [1.165, 1.54) is 40.5 Å². The van der Waals surface area contributed by atoms with Crippen molar-refractivity contribution in [3.05, 3.63) is 9.93 Å². The van der Waals surface area contributed by atoms with Gasteiger partial charge in [0.05, 0.1) is 17.8 Å². The highest BCUT2D eigenvalue weighted by atomic mass is 33.1. The highest BCUT2D eigenvalue weighted by molar-refractivity contribution is 8.80. The molecular formula is C9H9NO4S3. The van der Waals surface area contributed by atoms with E-state index in [0.29, 0.717) is 10.7 Å². The zero-order valence-corrected chi connectivity index (χ0v) is 11.5. The van der Waals surface area contributed by atoms with Crippen LogP contribution in [0.5, 0.6) is 0 Å². The number of ether oxygens (including phenoxy) is 1. The number of amides is 1. The standard InChI is InChI=1S/C9H9NO4S3/c1-4(11)15-9-7(8(13)14-2)10-5(12)3-6(10)16-17-9/h6H,3H2,1-2H3. The van der Waals surface area contributed by atoms with Crippen molar-refractivity contribution in [1.82, 2.24) is 4.90 Å². The molecule has 5 nitrogen and oxygen atoms in total. The Balaban J connectivity index is 2.35. The number of fused-ring (bicyclic) bond motifs is 1. The van der Waals surface area contributed by atoms with Gasteiger partial charge >= 0.3 is 5.97 Å². The van der Waals surface area contributed by atoms with Gasteiger partial charge in [-0.1, -0.05) is 10.8 Å². The van der Waals surface area contributed by atoms with Crippen LogP contribution < -0.4 is 0 Å². The molecule has 0 spiro atoms. The van der Waals surface area contributed by atoms with Crippen LogP contribution in [-0.4, -0.2) is 34.4 Å². The second kappa shape index (κ2) is 4.95. The number of methoxy groups -OCH3 is 1. The minimum atomic E-state index is -0.570. The van der Waals surface area contributed by atoms with Gasteiger partial charge in [0.2, 0.25) is 5.91 Å². The molecule has 2 aliphatic heterocycles. The van der Waals surface area contributed by atoms with E-state index < -0.39 is 5.97 Å². The summed E-state index contributed by atoms with van der Waals surface area (Å²) in [6.45, 7) is 1.42. The van der Waals surface area contributed by atoms with Crippen LogP contribution in [-0.2, 0) is 19.1 Å². The maximum Gasteiger partial charge on any atom is 0.356 e. The summed E-state index contributed by atoms with van der Waals surface area (Å²) < 4.78 is 5.19. The Kier molecular flexibility index (Phi) is 3.74. The van der Waals surface area contributed by atoms with Crippen molar-refractivity contribution in [3.63, 3.8) is 0 Å². The summed E-state index contributed by atoms with van der Waals surface area (Å²) in [5.74, 6) is -0.676. The Morgan fingerprint density at radius 3 is 2.76 bits per heavy atom. The molecule has 0 aromatic rings. The SMILES string of the molecule is COC(=O)C1=C(SC(C)=O)SSC2CC(=O)N12. The van der Waals surface area contributed by atoms with Gasteiger partial charge in [0.25, 0.3) is 0 Å². The Hall–Kier alpha value is -0.600. The number of carbonyl (C=O) groups excluding carboxylic acids is 3. The normalized spacial score (nSPS) is 23.1. The molecule has 1 fully saturated rings. The molecule has 0 bridgehead atoms. The van der Waals surface area contributed by atoms with Gasteiger partial charge in [0.15, 0.2) is 10.8 Å². The third-order valence-electron chi connectivity index (χ3n) is 2.19. The third-order valence-corrected chi connectivity index (χ3v) is 6.17. The third kappa shape index (κ3) is 2.34. The van der Waals surface area contributed by atoms with E-state index >= 15 is 0 Å². The monoisotopic (exact) mass is 291 g/mol. The van der Waals surface area contributed by atoms with Crippen molar-refractivity contribution < 1.29 is 19.1 Å². The maximum absolute atomic E-state index is 11.7. The molecular weight excluding hydrogens is 282 g/mol. The van der Waals surface area contributed by atoms with E-state index in [0.717, 1.165) is 11.8 Å². The van der Waals surface area contributed by atoms with Crippen molar-refractivity contribution >= 4 is 50.3 Å². The predicted molar refractivity (Wildman–Crippen MR) is 67.7 cm³/mol. The minimum Gasteiger partial charge on any atom is -0.464 e. The molecule has 2 heterocycles. The van der Waals surface area contributed by atoms with E-state index in [1.807, 2.05) is 0 Å². The number of hydrogen-bond acceptors (Lipinski definition) is 7. The van der Waals surface area contributed by atoms with Crippen LogP contribution in [0.1, 0.15) is 13.3 Å². The van der Waals surface area contributed by atoms with E-state index in [-0.39, 0.29) is 22.1 Å². The first-order valence-corrected chi connectivity index (χ1v) is 7.74. The molecule has 1 saturated heterocycles. The molecule has 2 rings (SSSR count). The predicted octanol–water partition coefficient (Wildman–Crippen LogP) is 1.56. The summed E-state index contributed by atoms with van der Waals surface area (Å²) in [4.78, 5) is 35.7. The largest absolute Gasteiger partial charge is 0.464 e. The fourth-order valence-corrected chi connectivity index (χ4v) is 5.40. The highest BCUT2D eigenvalue weighted by Gasteiger charge is 2.46. The molecule has 8 heteroatoms. The molecule has 1 atom stereocenters. The lowest BCUT2D eigenvalue weighted by Crippen LogP contribution is -2.52. The van der Waals surface area contributed by atoms with E-state index in [1.54, 1.807) is 0 Å². The van der Waals surface area contributed by atoms with Crippen molar-refractivity contribution in [3.8, 4) is 0 Å². The Bertz CT molecular complexity index is 434. The Labute approximate surface area is 110 Å². The number of thioether (sulfide) groups is 1. The van der Waals surface area contributed by atoms with E-state index in [4.69, 9.17) is 0 Å². The van der Waals surface area contributed by atoms with Gasteiger partial charge < -0.3 is 4.74 Å². The second-order valence-corrected chi connectivity index (χ2v) is 7.16. The molecule has 92 valence electrons. The zero-order valence-electron chi connectivity index (χ0n) is 9.09. The van der Waals surface area contributed by atoms with Crippen molar-refractivity contribution in [2.75, 3.05) is 7.11 Å². The number of carbonyl (C=O) groups is 3. The summed E-state index contributed by atoms with van der Waals surface area (Å²) in [6, 6.07) is 0. The molecule has 1 unspecified atom stereocenters. The lowest BCUT2D eigenvalue weighted by Gasteiger charge is -2.43. The summed E-state index contributed by atoms with van der Waals surface area (Å²) in [7, 11) is 4.09. The Morgan fingerprint density at radius 2 is 2.24 bits per heavy atom. The number of β-lactam (4-membered cyclic amide) rings is 1. The van der Waals surface area contributed by atoms with Gasteiger partial charge in [-0.25, -0.2) is 4.79 Å². The molecule has 0 aliphatic carbocycles. The van der Waals surface area contributed by atoms with Crippen molar-refractivity contribution in [2.45, 2.75) is 18.7 Å². The molecule has 0 N–H and O–H groups in total. The summed E-state index contributed by atoms with van der Waals surface area (Å²) in [6.07, 6.45) is 0.427. The minimum absolute atomic E-state index is 0.0158. The maximum atomic E-state index is 11.7. The van der Waals surface area contributed by atoms with Crippen LogP contribution in [0.4, 0.5) is 0 Å². The fourth-order valence-electron chi connectivity index (χ4n) is 1.44. The number of nitrogens with zero attached hydrogens (tertiary/aromatic N) is 1. The molecule has 2 aliphatic rings. The number of rotatable bonds is 2. The number of hydrogen-bond donors (Lipinski definition) is 0. The van der Waals surface area contributed by atoms with Gasteiger partial charge in [0, 0.05) is 6.92 Å². The summed E-state index contributed by atoms with van der Waals surface area (Å²) >= 11 is 0.957. The number of esters is 1. The van der Waals surface area contributed by atoms with Crippen LogP contribution in [0.25, 0.3) is 0 Å². The van der Waals surface area contributed by atoms with Crippen molar-refractivity contribution in [1.29, 1.82) is 0 Å². The van der Waals surface area contributed by atoms with Crippen LogP contribution in [0.3, 0.4) is 0 Å². The molecule has 0 saturated carbocycles. The molecule has 0 aromatic carbocycles. The van der Waals surface area contributed by atoms with E-state index in [2.05, 4.69) is 4.74 Å². The van der Waals surface area contributed by atoms with Crippen molar-refractivity contribution in [2.24, 2.45) is 0 Å². The quantitative estimate of drug-likeness (QED) is 0.434. The summed E-state index contributed by atoms with van der Waals surface area (Å²) in [5.41, 5.74) is 0.206. The van der Waals surface area contributed by atoms with Crippen LogP contribution in [0.2, 0.25) is 0 Å². The van der Waals surface area contributed by atoms with Crippen LogP contribution in [0, 0.1) is 0 Å². The first kappa shape index (κ1) is 12.8. The zero-order chi connectivity index (χ0) is 12.6. The highest BCUT2D eigenvalue weighted by Crippen LogP contribution is 2.53. The first-order valence-electron chi connectivity index (χ1n) is 4.71. The van der Waals surface area contributed by atoms with Gasteiger partial charge in [-0.2, -0.15) is 0 Å². The van der Waals surface area contributed by atoms with Gasteiger partial charge in [-0.05, 0) is 22.6 Å². The molecule has 0 aromatic heterocycles. The second-order valence-electron chi connectivity index (χ2n) is 3.32. The average molecular weight is 291 g/mol. The fraction of sp³-hybridized carbons (Fsp3) is 0.444.